The smallest absolute Gasteiger partial charge is 0.410 e. The molecule has 3 rings (SSSR count). The van der Waals surface area contributed by atoms with Gasteiger partial charge in [0.05, 0.1) is 25.7 Å². The van der Waals surface area contributed by atoms with Crippen molar-refractivity contribution < 1.29 is 28.6 Å². The highest BCUT2D eigenvalue weighted by Crippen LogP contribution is 2.18. The molecule has 0 radical (unpaired) electrons. The number of unbranched alkanes of at least 4 members (excludes halogenated alkanes) is 1. The van der Waals surface area contributed by atoms with Gasteiger partial charge in [0.25, 0.3) is 0 Å². The number of hydrogen-bond acceptors (Lipinski definition) is 8. The van der Waals surface area contributed by atoms with Crippen molar-refractivity contribution >= 4 is 41.0 Å². The van der Waals surface area contributed by atoms with Crippen molar-refractivity contribution in [3.05, 3.63) is 80.7 Å². The maximum atomic E-state index is 13.1. The molecule has 9 nitrogen and oxygen atoms in total. The number of ether oxygens (including phenoxy) is 3. The fraction of sp³-hybridized carbons (Fsp3) is 0.433. The van der Waals surface area contributed by atoms with Gasteiger partial charge in [0.2, 0.25) is 0 Å². The highest BCUT2D eigenvalue weighted by atomic mass is 32.1. The lowest BCUT2D eigenvalue weighted by Crippen LogP contribution is -2.43. The second kappa shape index (κ2) is 16.6. The zero-order valence-corrected chi connectivity index (χ0v) is 25.4. The summed E-state index contributed by atoms with van der Waals surface area (Å²) in [6.45, 7) is 6.84. The minimum absolute atomic E-state index is 0.0120. The van der Waals surface area contributed by atoms with Crippen LogP contribution >= 0.6 is 22.7 Å². The predicted octanol–water partition coefficient (Wildman–Crippen LogP) is 6.94. The molecule has 0 fully saturated rings. The highest BCUT2D eigenvalue weighted by Gasteiger charge is 2.23. The monoisotopic (exact) mass is 601 g/mol. The first-order valence-corrected chi connectivity index (χ1v) is 15.3. The molecular formula is C30H39N3O6S2. The van der Waals surface area contributed by atoms with Gasteiger partial charge in [0, 0.05) is 16.3 Å². The van der Waals surface area contributed by atoms with Crippen LogP contribution in [0.15, 0.2) is 65.4 Å². The lowest BCUT2D eigenvalue weighted by Gasteiger charge is -2.25. The van der Waals surface area contributed by atoms with E-state index in [0.29, 0.717) is 38.9 Å². The number of nitrogens with zero attached hydrogens (tertiary/aromatic N) is 1. The minimum Gasteiger partial charge on any atom is -0.450 e. The van der Waals surface area contributed by atoms with E-state index in [1.165, 1.54) is 0 Å². The van der Waals surface area contributed by atoms with Crippen molar-refractivity contribution in [3.8, 4) is 0 Å². The number of rotatable bonds is 14. The summed E-state index contributed by atoms with van der Waals surface area (Å²) in [6, 6.07) is 17.0. The Hall–Kier alpha value is -3.57. The lowest BCUT2D eigenvalue weighted by atomic mass is 10.1. The van der Waals surface area contributed by atoms with Crippen LogP contribution in [-0.2, 0) is 33.8 Å². The number of amides is 3. The van der Waals surface area contributed by atoms with Crippen LogP contribution in [0, 0.1) is 0 Å². The zero-order chi connectivity index (χ0) is 29.5. The van der Waals surface area contributed by atoms with Gasteiger partial charge in [-0.15, -0.1) is 22.7 Å². The van der Waals surface area contributed by atoms with Gasteiger partial charge in [0.1, 0.15) is 12.2 Å². The largest absolute Gasteiger partial charge is 0.450 e. The van der Waals surface area contributed by atoms with E-state index in [4.69, 9.17) is 14.2 Å². The fourth-order valence-electron chi connectivity index (χ4n) is 3.78. The average molecular weight is 602 g/mol. The van der Waals surface area contributed by atoms with Gasteiger partial charge in [-0.1, -0.05) is 42.5 Å². The molecule has 0 unspecified atom stereocenters. The number of alkyl carbamates (subject to hydrolysis) is 2. The van der Waals surface area contributed by atoms with Crippen molar-refractivity contribution in [2.24, 2.45) is 0 Å². The van der Waals surface area contributed by atoms with Crippen molar-refractivity contribution in [3.63, 3.8) is 0 Å². The molecule has 3 amide bonds. The van der Waals surface area contributed by atoms with Crippen LogP contribution in [0.4, 0.5) is 14.4 Å². The summed E-state index contributed by atoms with van der Waals surface area (Å²) >= 11 is 3.16. The van der Waals surface area contributed by atoms with Crippen LogP contribution in [0.1, 0.15) is 55.4 Å². The molecule has 0 aliphatic rings. The van der Waals surface area contributed by atoms with Crippen LogP contribution in [0.5, 0.6) is 0 Å². The normalized spacial score (nSPS) is 11.8. The average Bonchev–Trinajstić information content (AvgIpc) is 3.64. The summed E-state index contributed by atoms with van der Waals surface area (Å²) < 4.78 is 16.4. The van der Waals surface area contributed by atoms with E-state index in [-0.39, 0.29) is 13.2 Å². The number of hydrogen-bond donors (Lipinski definition) is 2. The maximum Gasteiger partial charge on any atom is 0.410 e. The van der Waals surface area contributed by atoms with Gasteiger partial charge >= 0.3 is 18.3 Å². The summed E-state index contributed by atoms with van der Waals surface area (Å²) in [6.07, 6.45) is 0.213. The Kier molecular flexibility index (Phi) is 13.0. The van der Waals surface area contributed by atoms with Gasteiger partial charge in [-0.2, -0.15) is 0 Å². The molecular weight excluding hydrogens is 562 g/mol. The van der Waals surface area contributed by atoms with Gasteiger partial charge in [-0.05, 0) is 68.5 Å². The van der Waals surface area contributed by atoms with Crippen LogP contribution in [0.3, 0.4) is 0 Å². The number of carbonyl (C=O) groups is 3. The predicted molar refractivity (Wildman–Crippen MR) is 161 cm³/mol. The Bertz CT molecular complexity index is 1140. The van der Waals surface area contributed by atoms with Gasteiger partial charge < -0.3 is 24.8 Å². The molecule has 0 bridgehead atoms. The summed E-state index contributed by atoms with van der Waals surface area (Å²) in [5.74, 6) is 0. The third kappa shape index (κ3) is 13.1. The van der Waals surface area contributed by atoms with Crippen LogP contribution < -0.4 is 10.6 Å². The van der Waals surface area contributed by atoms with Crippen molar-refractivity contribution in [1.82, 2.24) is 15.5 Å². The van der Waals surface area contributed by atoms with E-state index in [1.807, 2.05) is 65.4 Å². The SMILES string of the molecule is CC(C)(C)OC(=O)N[C@@H](CCCCOC(=O)NCc1ccccc1)COC(=O)N(Cc1cccs1)Cc1cccs1. The first kappa shape index (κ1) is 32.0. The van der Waals surface area contributed by atoms with Crippen molar-refractivity contribution in [2.45, 2.75) is 71.3 Å². The van der Waals surface area contributed by atoms with E-state index < -0.39 is 29.9 Å². The molecule has 41 heavy (non-hydrogen) atoms. The molecule has 1 atom stereocenters. The highest BCUT2D eigenvalue weighted by molar-refractivity contribution is 7.10. The van der Waals surface area contributed by atoms with Crippen LogP contribution in [0.2, 0.25) is 0 Å². The molecule has 1 aromatic carbocycles. The minimum atomic E-state index is -0.662. The second-order valence-electron chi connectivity index (χ2n) is 10.4. The maximum absolute atomic E-state index is 13.1. The van der Waals surface area contributed by atoms with Gasteiger partial charge in [-0.3, -0.25) is 4.90 Å². The Morgan fingerprint density at radius 2 is 1.51 bits per heavy atom. The van der Waals surface area contributed by atoms with E-state index in [2.05, 4.69) is 10.6 Å². The molecule has 0 spiro atoms. The number of nitrogens with one attached hydrogen (secondary N) is 2. The summed E-state index contributed by atoms with van der Waals surface area (Å²) in [7, 11) is 0. The molecule has 2 aromatic heterocycles. The number of carbonyl (C=O) groups excluding carboxylic acids is 3. The quantitative estimate of drug-likeness (QED) is 0.153. The third-order valence-electron chi connectivity index (χ3n) is 5.70. The molecule has 2 N–H and O–H groups in total. The standard InChI is InChI=1S/C30H39N3O6S2/c1-30(2,3)39-28(35)32-24(13-7-8-16-37-27(34)31-19-23-11-5-4-6-12-23)22-38-29(36)33(20-25-14-9-17-40-25)21-26-15-10-18-41-26/h4-6,9-12,14-15,17-18,24H,7-8,13,16,19-22H2,1-3H3,(H,31,34)(H,32,35)/t24-/m0/s1. The Morgan fingerprint density at radius 1 is 0.854 bits per heavy atom. The van der Waals surface area contributed by atoms with Crippen LogP contribution in [0.25, 0.3) is 0 Å². The Balaban J connectivity index is 1.48. The van der Waals surface area contributed by atoms with E-state index in [9.17, 15) is 14.4 Å². The molecule has 0 aliphatic carbocycles. The van der Waals surface area contributed by atoms with Gasteiger partial charge in [-0.25, -0.2) is 14.4 Å². The topological polar surface area (TPSA) is 106 Å². The molecule has 0 saturated carbocycles. The molecule has 11 heteroatoms. The number of thiophene rings is 2. The van der Waals surface area contributed by atoms with Crippen LogP contribution in [-0.4, -0.2) is 48.0 Å². The summed E-state index contributed by atoms with van der Waals surface area (Å²) in [5, 5.41) is 9.50. The van der Waals surface area contributed by atoms with Crippen molar-refractivity contribution in [2.75, 3.05) is 13.2 Å². The first-order chi connectivity index (χ1) is 19.7. The first-order valence-electron chi connectivity index (χ1n) is 13.6. The van der Waals surface area contributed by atoms with Gasteiger partial charge in [0.15, 0.2) is 0 Å². The molecule has 0 aliphatic heterocycles. The molecule has 2 heterocycles. The Morgan fingerprint density at radius 3 is 2.10 bits per heavy atom. The molecule has 3 aromatic rings. The van der Waals surface area contributed by atoms with E-state index >= 15 is 0 Å². The third-order valence-corrected chi connectivity index (χ3v) is 7.42. The molecule has 222 valence electrons. The fourth-order valence-corrected chi connectivity index (χ4v) is 5.22. The van der Waals surface area contributed by atoms with E-state index in [0.717, 1.165) is 15.3 Å². The second-order valence-corrected chi connectivity index (χ2v) is 12.5. The van der Waals surface area contributed by atoms with Crippen molar-refractivity contribution in [1.29, 1.82) is 0 Å². The Labute approximate surface area is 249 Å². The summed E-state index contributed by atoms with van der Waals surface area (Å²) in [4.78, 5) is 41.4. The van der Waals surface area contributed by atoms with E-state index in [1.54, 1.807) is 48.3 Å². The summed E-state index contributed by atoms with van der Waals surface area (Å²) in [5.41, 5.74) is 0.323. The number of benzene rings is 1. The lowest BCUT2D eigenvalue weighted by molar-refractivity contribution is 0.0442. The molecule has 0 saturated heterocycles. The zero-order valence-electron chi connectivity index (χ0n) is 23.8.